The normalized spacial score (nSPS) is 15.8. The van der Waals surface area contributed by atoms with E-state index in [9.17, 15) is 5.11 Å². The molecule has 2 aromatic carbocycles. The van der Waals surface area contributed by atoms with Crippen molar-refractivity contribution in [1.29, 1.82) is 0 Å². The van der Waals surface area contributed by atoms with Crippen molar-refractivity contribution in [3.05, 3.63) is 59.8 Å². The quantitative estimate of drug-likeness (QED) is 0.688. The van der Waals surface area contributed by atoms with E-state index in [-0.39, 0.29) is 0 Å². The molecule has 0 saturated carbocycles. The van der Waals surface area contributed by atoms with E-state index < -0.39 is 0 Å². The van der Waals surface area contributed by atoms with Gasteiger partial charge in [-0.2, -0.15) is 0 Å². The number of phenolic OH excluding ortho intramolecular Hbond substituents is 1. The second-order valence-electron chi connectivity index (χ2n) is 6.02. The van der Waals surface area contributed by atoms with Crippen LogP contribution in [-0.2, 0) is 12.8 Å². The average molecular weight is 388 g/mol. The van der Waals surface area contributed by atoms with E-state index in [0.29, 0.717) is 5.75 Å². The number of hydrogen-bond donors (Lipinski definition) is 1. The topological polar surface area (TPSA) is 20.2 Å². The molecule has 1 N–H and O–H groups in total. The van der Waals surface area contributed by atoms with Gasteiger partial charge in [-0.15, -0.1) is 0 Å². The predicted octanol–water partition coefficient (Wildman–Crippen LogP) is 3.13. The SMILES string of the molecule is CC1=c2ccc3c(c2CCC1)CC=c1c(O)c(I)ccc1=3. The van der Waals surface area contributed by atoms with Gasteiger partial charge in [-0.05, 0) is 88.0 Å². The molecule has 0 atom stereocenters. The lowest BCUT2D eigenvalue weighted by Crippen LogP contribution is -2.22. The third-order valence-corrected chi connectivity index (χ3v) is 5.71. The number of rotatable bonds is 0. The summed E-state index contributed by atoms with van der Waals surface area (Å²) < 4.78 is 0.924. The summed E-state index contributed by atoms with van der Waals surface area (Å²) >= 11 is 2.19. The molecule has 0 spiro atoms. The maximum atomic E-state index is 10.3. The fourth-order valence-corrected chi connectivity index (χ4v) is 4.23. The van der Waals surface area contributed by atoms with Crippen molar-refractivity contribution in [2.24, 2.45) is 0 Å². The van der Waals surface area contributed by atoms with Gasteiger partial charge in [-0.3, -0.25) is 0 Å². The zero-order chi connectivity index (χ0) is 14.6. The van der Waals surface area contributed by atoms with Crippen LogP contribution in [0.5, 0.6) is 5.75 Å². The number of benzene rings is 2. The van der Waals surface area contributed by atoms with Crippen molar-refractivity contribution in [3.8, 4) is 5.75 Å². The highest BCUT2D eigenvalue weighted by Crippen LogP contribution is 2.22. The van der Waals surface area contributed by atoms with Gasteiger partial charge < -0.3 is 5.11 Å². The molecule has 0 bridgehead atoms. The van der Waals surface area contributed by atoms with Crippen LogP contribution in [0.1, 0.15) is 30.9 Å². The molecule has 0 heterocycles. The maximum absolute atomic E-state index is 10.3. The Labute approximate surface area is 137 Å². The molecular weight excluding hydrogens is 371 g/mol. The Hall–Kier alpha value is -1.29. The van der Waals surface area contributed by atoms with Crippen molar-refractivity contribution in [3.63, 3.8) is 0 Å². The number of halogens is 1. The van der Waals surface area contributed by atoms with Crippen molar-refractivity contribution in [1.82, 2.24) is 0 Å². The van der Waals surface area contributed by atoms with E-state index in [4.69, 9.17) is 0 Å². The zero-order valence-electron chi connectivity index (χ0n) is 12.0. The van der Waals surface area contributed by atoms with Gasteiger partial charge >= 0.3 is 0 Å². The molecule has 0 saturated heterocycles. The standard InChI is InChI=1S/C19H17IO/c1-11-3-2-4-13-12(11)5-6-15-14(13)7-8-17-16(15)9-10-18(20)19(17)21/h5-6,8-10,21H,2-4,7H2,1H3. The zero-order valence-corrected chi connectivity index (χ0v) is 14.2. The Morgan fingerprint density at radius 2 is 1.71 bits per heavy atom. The van der Waals surface area contributed by atoms with Crippen LogP contribution in [0.25, 0.3) is 11.6 Å². The van der Waals surface area contributed by atoms with E-state index in [2.05, 4.69) is 53.8 Å². The minimum Gasteiger partial charge on any atom is -0.506 e. The summed E-state index contributed by atoms with van der Waals surface area (Å²) in [5.41, 5.74) is 4.53. The highest BCUT2D eigenvalue weighted by molar-refractivity contribution is 14.1. The predicted molar refractivity (Wildman–Crippen MR) is 94.4 cm³/mol. The molecule has 0 unspecified atom stereocenters. The molecule has 0 aromatic heterocycles. The number of hydrogen-bond acceptors (Lipinski definition) is 1. The lowest BCUT2D eigenvalue weighted by Gasteiger charge is -2.19. The Bertz CT molecular complexity index is 970. The van der Waals surface area contributed by atoms with E-state index in [0.717, 1.165) is 15.2 Å². The molecule has 2 aliphatic carbocycles. The van der Waals surface area contributed by atoms with E-state index in [1.807, 2.05) is 6.07 Å². The lowest BCUT2D eigenvalue weighted by atomic mass is 9.86. The fraction of sp³-hybridized carbons (Fsp3) is 0.263. The summed E-state index contributed by atoms with van der Waals surface area (Å²) in [5, 5.41) is 15.3. The Balaban J connectivity index is 2.23. The second-order valence-corrected chi connectivity index (χ2v) is 7.18. The van der Waals surface area contributed by atoms with Crippen LogP contribution in [0.3, 0.4) is 0 Å². The van der Waals surface area contributed by atoms with Gasteiger partial charge in [-0.1, -0.05) is 29.8 Å². The smallest absolute Gasteiger partial charge is 0.136 e. The first-order valence-corrected chi connectivity index (χ1v) is 8.57. The highest BCUT2D eigenvalue weighted by atomic mass is 127. The van der Waals surface area contributed by atoms with Crippen molar-refractivity contribution in [2.45, 2.75) is 32.6 Å². The van der Waals surface area contributed by atoms with Crippen LogP contribution in [0.15, 0.2) is 24.3 Å². The van der Waals surface area contributed by atoms with Gasteiger partial charge in [0.2, 0.25) is 0 Å². The Morgan fingerprint density at radius 3 is 2.57 bits per heavy atom. The van der Waals surface area contributed by atoms with Crippen LogP contribution < -0.4 is 10.4 Å². The summed E-state index contributed by atoms with van der Waals surface area (Å²) in [7, 11) is 0. The van der Waals surface area contributed by atoms with Gasteiger partial charge in [-0.25, -0.2) is 0 Å². The van der Waals surface area contributed by atoms with E-state index >= 15 is 0 Å². The van der Waals surface area contributed by atoms with Crippen LogP contribution >= 0.6 is 22.6 Å². The molecule has 106 valence electrons. The van der Waals surface area contributed by atoms with Crippen molar-refractivity contribution in [2.75, 3.05) is 0 Å². The first kappa shape index (κ1) is 13.4. The number of aromatic hydroxyl groups is 1. The van der Waals surface area contributed by atoms with E-state index in [1.54, 1.807) is 0 Å². The summed E-state index contributed by atoms with van der Waals surface area (Å²) in [4.78, 5) is 0. The third kappa shape index (κ3) is 1.95. The Morgan fingerprint density at radius 1 is 0.952 bits per heavy atom. The molecule has 4 rings (SSSR count). The minimum absolute atomic E-state index is 0.430. The van der Waals surface area contributed by atoms with Gasteiger partial charge in [0.15, 0.2) is 0 Å². The van der Waals surface area contributed by atoms with Crippen molar-refractivity contribution >= 4 is 34.2 Å². The van der Waals surface area contributed by atoms with E-state index in [1.165, 1.54) is 51.6 Å². The van der Waals surface area contributed by atoms with Gasteiger partial charge in [0.05, 0.1) is 3.57 Å². The maximum Gasteiger partial charge on any atom is 0.136 e. The fourth-order valence-electron chi connectivity index (χ4n) is 3.76. The lowest BCUT2D eigenvalue weighted by molar-refractivity contribution is 0.466. The molecule has 0 aliphatic heterocycles. The first-order chi connectivity index (χ1) is 10.2. The van der Waals surface area contributed by atoms with Gasteiger partial charge in [0, 0.05) is 5.22 Å². The minimum atomic E-state index is 0.430. The van der Waals surface area contributed by atoms with Crippen LogP contribution in [0.2, 0.25) is 0 Å². The summed E-state index contributed by atoms with van der Waals surface area (Å²) in [5.74, 6) is 0.430. The molecule has 2 aliphatic rings. The number of phenols is 1. The highest BCUT2D eigenvalue weighted by Gasteiger charge is 2.14. The van der Waals surface area contributed by atoms with Crippen LogP contribution in [-0.4, -0.2) is 5.11 Å². The molecular formula is C19H17IO. The molecule has 21 heavy (non-hydrogen) atoms. The molecule has 0 amide bonds. The number of fused-ring (bicyclic) bond motifs is 4. The summed E-state index contributed by atoms with van der Waals surface area (Å²) in [6.45, 7) is 2.26. The molecule has 1 nitrogen and oxygen atoms in total. The molecule has 2 aromatic rings. The van der Waals surface area contributed by atoms with Crippen molar-refractivity contribution < 1.29 is 5.11 Å². The molecule has 0 radical (unpaired) electrons. The van der Waals surface area contributed by atoms with Gasteiger partial charge in [0.1, 0.15) is 5.75 Å². The average Bonchev–Trinajstić information content (AvgIpc) is 2.50. The van der Waals surface area contributed by atoms with Crippen LogP contribution in [0.4, 0.5) is 0 Å². The third-order valence-electron chi connectivity index (χ3n) is 4.84. The first-order valence-electron chi connectivity index (χ1n) is 7.49. The largest absolute Gasteiger partial charge is 0.506 e. The second kappa shape index (κ2) is 4.87. The Kier molecular flexibility index (Phi) is 3.10. The molecule has 2 heteroatoms. The van der Waals surface area contributed by atoms with Crippen LogP contribution in [0, 0.1) is 14.0 Å². The molecule has 0 fully saturated rings. The monoisotopic (exact) mass is 388 g/mol. The van der Waals surface area contributed by atoms with Gasteiger partial charge in [0.25, 0.3) is 0 Å². The summed E-state index contributed by atoms with van der Waals surface area (Å²) in [6, 6.07) is 8.69. The summed E-state index contributed by atoms with van der Waals surface area (Å²) in [6.07, 6.45) is 6.81.